The summed E-state index contributed by atoms with van der Waals surface area (Å²) in [7, 11) is 1.65. The number of hydrogen-bond donors (Lipinski definition) is 0. The molecule has 1 unspecified atom stereocenters. The fraction of sp³-hybridized carbons (Fsp3) is 0.154. The number of aryl methyl sites for hydroxylation is 1. The van der Waals surface area contributed by atoms with Crippen molar-refractivity contribution >= 4 is 17.7 Å². The van der Waals surface area contributed by atoms with E-state index in [2.05, 4.69) is 31.2 Å². The number of hydrogen-bond acceptors (Lipinski definition) is 3. The van der Waals surface area contributed by atoms with Gasteiger partial charge in [-0.25, -0.2) is 5.01 Å². The number of nitrogens with zero attached hydrogens (tertiary/aromatic N) is 2. The van der Waals surface area contributed by atoms with Crippen LogP contribution in [0.1, 0.15) is 34.7 Å². The molecule has 0 fully saturated rings. The van der Waals surface area contributed by atoms with Crippen molar-refractivity contribution < 1.29 is 9.53 Å². The van der Waals surface area contributed by atoms with Crippen LogP contribution in [0.15, 0.2) is 90.0 Å². The number of amides is 1. The molecule has 0 bridgehead atoms. The summed E-state index contributed by atoms with van der Waals surface area (Å²) in [6.45, 7) is 2.06. The topological polar surface area (TPSA) is 41.9 Å². The second-order valence-electron chi connectivity index (χ2n) is 7.33. The second kappa shape index (κ2) is 8.78. The maximum absolute atomic E-state index is 13.1. The Morgan fingerprint density at radius 2 is 1.70 bits per heavy atom. The molecule has 1 aliphatic heterocycles. The van der Waals surface area contributed by atoms with Gasteiger partial charge in [-0.15, -0.1) is 0 Å². The molecule has 0 aromatic heterocycles. The molecule has 4 heteroatoms. The van der Waals surface area contributed by atoms with E-state index in [0.29, 0.717) is 6.42 Å². The monoisotopic (exact) mass is 396 g/mol. The maximum atomic E-state index is 13.1. The molecule has 3 aromatic carbocycles. The number of carbonyl (C=O) groups is 1. The summed E-state index contributed by atoms with van der Waals surface area (Å²) in [5.41, 5.74) is 5.14. The molecule has 1 aliphatic rings. The first-order valence-electron chi connectivity index (χ1n) is 9.99. The van der Waals surface area contributed by atoms with Crippen molar-refractivity contribution in [3.8, 4) is 5.75 Å². The summed E-state index contributed by atoms with van der Waals surface area (Å²) < 4.78 is 5.25. The van der Waals surface area contributed by atoms with Crippen molar-refractivity contribution in [1.82, 2.24) is 5.01 Å². The fourth-order valence-electron chi connectivity index (χ4n) is 3.53. The summed E-state index contributed by atoms with van der Waals surface area (Å²) in [4.78, 5) is 13.1. The van der Waals surface area contributed by atoms with Crippen LogP contribution in [0.5, 0.6) is 5.75 Å². The molecule has 1 amide bonds. The van der Waals surface area contributed by atoms with Gasteiger partial charge in [0.15, 0.2) is 0 Å². The second-order valence-corrected chi connectivity index (χ2v) is 7.33. The third kappa shape index (κ3) is 4.33. The Balaban J connectivity index is 1.64. The molecule has 1 heterocycles. The molecule has 0 saturated carbocycles. The normalized spacial score (nSPS) is 16.0. The molecular formula is C26H24N2O2. The van der Waals surface area contributed by atoms with Gasteiger partial charge in [-0.1, -0.05) is 60.2 Å². The van der Waals surface area contributed by atoms with E-state index in [1.165, 1.54) is 5.56 Å². The summed E-state index contributed by atoms with van der Waals surface area (Å²) in [5, 5.41) is 6.32. The highest BCUT2D eigenvalue weighted by atomic mass is 16.5. The number of ether oxygens (including phenoxy) is 1. The highest BCUT2D eigenvalue weighted by Gasteiger charge is 2.32. The van der Waals surface area contributed by atoms with E-state index in [4.69, 9.17) is 9.84 Å². The highest BCUT2D eigenvalue weighted by Crippen LogP contribution is 2.33. The first kappa shape index (κ1) is 19.6. The van der Waals surface area contributed by atoms with Crippen LogP contribution in [0.2, 0.25) is 0 Å². The van der Waals surface area contributed by atoms with Crippen molar-refractivity contribution in [3.63, 3.8) is 0 Å². The first-order valence-corrected chi connectivity index (χ1v) is 9.99. The molecule has 0 aliphatic carbocycles. The van der Waals surface area contributed by atoms with Crippen LogP contribution in [-0.2, 0) is 4.79 Å². The summed E-state index contributed by atoms with van der Waals surface area (Å²) in [6, 6.07) is 25.8. The summed E-state index contributed by atoms with van der Waals surface area (Å²) >= 11 is 0. The summed E-state index contributed by atoms with van der Waals surface area (Å²) in [5.74, 6) is 0.666. The van der Waals surface area contributed by atoms with Gasteiger partial charge in [0.2, 0.25) is 0 Å². The van der Waals surface area contributed by atoms with Gasteiger partial charge in [-0.05, 0) is 54.0 Å². The Morgan fingerprint density at radius 1 is 1.00 bits per heavy atom. The average Bonchev–Trinajstić information content (AvgIpc) is 3.24. The molecule has 150 valence electrons. The molecule has 0 saturated heterocycles. The van der Waals surface area contributed by atoms with Gasteiger partial charge < -0.3 is 4.74 Å². The third-order valence-electron chi connectivity index (χ3n) is 5.24. The highest BCUT2D eigenvalue weighted by molar-refractivity contribution is 6.04. The Bertz CT molecular complexity index is 1070. The number of methoxy groups -OCH3 is 1. The van der Waals surface area contributed by atoms with Gasteiger partial charge in [0.25, 0.3) is 5.91 Å². The van der Waals surface area contributed by atoms with E-state index < -0.39 is 0 Å². The Morgan fingerprint density at radius 3 is 2.37 bits per heavy atom. The van der Waals surface area contributed by atoms with Crippen molar-refractivity contribution in [3.05, 3.63) is 107 Å². The van der Waals surface area contributed by atoms with Gasteiger partial charge in [0.1, 0.15) is 5.75 Å². The maximum Gasteiger partial charge on any atom is 0.267 e. The predicted octanol–water partition coefficient (Wildman–Crippen LogP) is 5.39. The lowest BCUT2D eigenvalue weighted by Crippen LogP contribution is -2.25. The Labute approximate surface area is 177 Å². The van der Waals surface area contributed by atoms with E-state index in [-0.39, 0.29) is 11.9 Å². The minimum absolute atomic E-state index is 0.129. The first-order chi connectivity index (χ1) is 14.6. The molecular weight excluding hydrogens is 372 g/mol. The molecule has 0 spiro atoms. The zero-order chi connectivity index (χ0) is 20.9. The zero-order valence-corrected chi connectivity index (χ0v) is 17.2. The standard InChI is InChI=1S/C26H24N2O2/c1-19-8-11-22(12-9-19)25-18-24(21-13-15-23(30-2)16-14-21)27-28(25)26(29)17-10-20-6-4-3-5-7-20/h3-17,25H,18H2,1-2H3/b17-10+. The quantitative estimate of drug-likeness (QED) is 0.542. The van der Waals surface area contributed by atoms with Gasteiger partial charge in [0.05, 0.1) is 18.9 Å². The van der Waals surface area contributed by atoms with Crippen LogP contribution in [0.3, 0.4) is 0 Å². The van der Waals surface area contributed by atoms with Crippen molar-refractivity contribution in [1.29, 1.82) is 0 Å². The van der Waals surface area contributed by atoms with Gasteiger partial charge in [-0.2, -0.15) is 5.10 Å². The van der Waals surface area contributed by atoms with Gasteiger partial charge >= 0.3 is 0 Å². The Hall–Kier alpha value is -3.66. The number of hydrazone groups is 1. The number of benzene rings is 3. The van der Waals surface area contributed by atoms with E-state index in [1.807, 2.05) is 60.7 Å². The van der Waals surface area contributed by atoms with Crippen LogP contribution in [0, 0.1) is 6.92 Å². The van der Waals surface area contributed by atoms with Crippen LogP contribution < -0.4 is 4.74 Å². The smallest absolute Gasteiger partial charge is 0.267 e. The molecule has 0 radical (unpaired) electrons. The minimum atomic E-state index is -0.132. The van der Waals surface area contributed by atoms with Gasteiger partial charge in [-0.3, -0.25) is 4.79 Å². The molecule has 3 aromatic rings. The number of carbonyl (C=O) groups excluding carboxylic acids is 1. The molecule has 4 nitrogen and oxygen atoms in total. The van der Waals surface area contributed by atoms with Crippen LogP contribution in [-0.4, -0.2) is 23.7 Å². The zero-order valence-electron chi connectivity index (χ0n) is 17.2. The van der Waals surface area contributed by atoms with Crippen LogP contribution in [0.4, 0.5) is 0 Å². The molecule has 1 atom stereocenters. The van der Waals surface area contributed by atoms with Crippen molar-refractivity contribution in [2.24, 2.45) is 5.10 Å². The molecule has 4 rings (SSSR count). The van der Waals surface area contributed by atoms with Crippen molar-refractivity contribution in [2.45, 2.75) is 19.4 Å². The van der Waals surface area contributed by atoms with Gasteiger partial charge in [0, 0.05) is 12.5 Å². The minimum Gasteiger partial charge on any atom is -0.497 e. The summed E-state index contributed by atoms with van der Waals surface area (Å²) in [6.07, 6.45) is 4.09. The van der Waals surface area contributed by atoms with E-state index in [9.17, 15) is 4.79 Å². The van der Waals surface area contributed by atoms with Crippen LogP contribution >= 0.6 is 0 Å². The number of rotatable bonds is 5. The van der Waals surface area contributed by atoms with E-state index in [1.54, 1.807) is 18.2 Å². The van der Waals surface area contributed by atoms with Crippen LogP contribution in [0.25, 0.3) is 6.08 Å². The third-order valence-corrected chi connectivity index (χ3v) is 5.24. The SMILES string of the molecule is COc1ccc(C2=NN(C(=O)/C=C/c3ccccc3)C(c3ccc(C)cc3)C2)cc1. The van der Waals surface area contributed by atoms with Crippen molar-refractivity contribution in [2.75, 3.05) is 7.11 Å². The lowest BCUT2D eigenvalue weighted by atomic mass is 9.97. The predicted molar refractivity (Wildman–Crippen MR) is 120 cm³/mol. The Kier molecular flexibility index (Phi) is 5.75. The lowest BCUT2D eigenvalue weighted by Gasteiger charge is -2.21. The average molecular weight is 396 g/mol. The lowest BCUT2D eigenvalue weighted by molar-refractivity contribution is -0.127. The van der Waals surface area contributed by atoms with E-state index in [0.717, 1.165) is 28.2 Å². The fourth-order valence-corrected chi connectivity index (χ4v) is 3.53. The molecule has 0 N–H and O–H groups in total. The molecule has 30 heavy (non-hydrogen) atoms. The largest absolute Gasteiger partial charge is 0.497 e. The van der Waals surface area contributed by atoms with E-state index >= 15 is 0 Å².